The molecule has 0 aliphatic carbocycles. The zero-order valence-electron chi connectivity index (χ0n) is 6.52. The minimum atomic E-state index is 0.345. The normalized spacial score (nSPS) is 10.4. The molecule has 0 spiro atoms. The summed E-state index contributed by atoms with van der Waals surface area (Å²) in [4.78, 5) is 4.06. The van der Waals surface area contributed by atoms with Crippen molar-refractivity contribution in [1.29, 1.82) is 0 Å². The van der Waals surface area contributed by atoms with Gasteiger partial charge in [-0.1, -0.05) is 5.21 Å². The molecule has 0 saturated carbocycles. The van der Waals surface area contributed by atoms with E-state index in [1.807, 2.05) is 7.05 Å². The highest BCUT2D eigenvalue weighted by Gasteiger charge is 2.02. The first-order valence-corrected chi connectivity index (χ1v) is 3.45. The molecule has 2 rings (SSSR count). The van der Waals surface area contributed by atoms with E-state index < -0.39 is 0 Å². The van der Waals surface area contributed by atoms with Gasteiger partial charge in [0.05, 0.1) is 18.1 Å². The molecule has 0 fully saturated rings. The van der Waals surface area contributed by atoms with E-state index in [-0.39, 0.29) is 0 Å². The first-order chi connectivity index (χ1) is 5.81. The van der Waals surface area contributed by atoms with E-state index in [0.717, 1.165) is 5.69 Å². The Kier molecular flexibility index (Phi) is 1.33. The highest BCUT2D eigenvalue weighted by Crippen LogP contribution is 2.09. The summed E-state index contributed by atoms with van der Waals surface area (Å²) >= 11 is 0. The van der Waals surface area contributed by atoms with E-state index >= 15 is 0 Å². The Bertz CT molecular complexity index is 405. The van der Waals surface area contributed by atoms with Gasteiger partial charge in [-0.3, -0.25) is 0 Å². The maximum atomic E-state index is 5.49. The summed E-state index contributed by atoms with van der Waals surface area (Å²) < 4.78 is 1.53. The van der Waals surface area contributed by atoms with Gasteiger partial charge in [0, 0.05) is 7.05 Å². The van der Waals surface area contributed by atoms with Crippen LogP contribution in [-0.2, 0) is 0 Å². The number of nitrogens with zero attached hydrogens (tertiary/aromatic N) is 4. The fourth-order valence-corrected chi connectivity index (χ4v) is 0.938. The summed E-state index contributed by atoms with van der Waals surface area (Å²) in [7, 11) is 1.81. The molecule has 0 atom stereocenters. The lowest BCUT2D eigenvalue weighted by molar-refractivity contribution is 0.849. The number of aromatic nitrogens is 4. The van der Waals surface area contributed by atoms with Crippen LogP contribution < -0.4 is 11.1 Å². The van der Waals surface area contributed by atoms with Gasteiger partial charge in [0.1, 0.15) is 0 Å². The fraction of sp³-hybridized carbons (Fsp3) is 0.167. The van der Waals surface area contributed by atoms with Crippen LogP contribution in [0.3, 0.4) is 0 Å². The Morgan fingerprint density at radius 3 is 3.17 bits per heavy atom. The van der Waals surface area contributed by atoms with Crippen LogP contribution >= 0.6 is 0 Å². The monoisotopic (exact) mass is 164 g/mol. The van der Waals surface area contributed by atoms with Crippen molar-refractivity contribution in [3.8, 4) is 0 Å². The number of nitrogens with one attached hydrogen (secondary N) is 1. The zero-order chi connectivity index (χ0) is 8.55. The highest BCUT2D eigenvalue weighted by atomic mass is 15.4. The van der Waals surface area contributed by atoms with E-state index in [0.29, 0.717) is 11.5 Å². The Morgan fingerprint density at radius 2 is 2.42 bits per heavy atom. The fourth-order valence-electron chi connectivity index (χ4n) is 0.938. The van der Waals surface area contributed by atoms with Crippen molar-refractivity contribution < 1.29 is 0 Å². The lowest BCUT2D eigenvalue weighted by atomic mass is 10.5. The van der Waals surface area contributed by atoms with E-state index in [4.69, 9.17) is 5.73 Å². The van der Waals surface area contributed by atoms with Crippen molar-refractivity contribution in [2.75, 3.05) is 18.1 Å². The Labute approximate surface area is 68.4 Å². The molecule has 6 nitrogen and oxygen atoms in total. The predicted octanol–water partition coefficient (Wildman–Crippen LogP) is -0.252. The third-order valence-corrected chi connectivity index (χ3v) is 1.57. The zero-order valence-corrected chi connectivity index (χ0v) is 6.52. The van der Waals surface area contributed by atoms with Crippen LogP contribution in [0.1, 0.15) is 0 Å². The summed E-state index contributed by atoms with van der Waals surface area (Å²) in [5.41, 5.74) is 6.94. The van der Waals surface area contributed by atoms with E-state index in [2.05, 4.69) is 20.6 Å². The minimum absolute atomic E-state index is 0.345. The van der Waals surface area contributed by atoms with Crippen LogP contribution in [0.2, 0.25) is 0 Å². The average Bonchev–Trinajstić information content (AvgIpc) is 2.47. The molecule has 0 bridgehead atoms. The van der Waals surface area contributed by atoms with Crippen molar-refractivity contribution in [2.45, 2.75) is 0 Å². The van der Waals surface area contributed by atoms with E-state index in [9.17, 15) is 0 Å². The van der Waals surface area contributed by atoms with Gasteiger partial charge in [-0.05, 0) is 0 Å². The number of hydrogen-bond acceptors (Lipinski definition) is 5. The summed E-state index contributed by atoms with van der Waals surface area (Å²) in [6, 6.07) is 0. The predicted molar refractivity (Wildman–Crippen MR) is 44.7 cm³/mol. The number of hydrogen-bond donors (Lipinski definition) is 2. The van der Waals surface area contributed by atoms with Crippen LogP contribution in [-0.4, -0.2) is 26.9 Å². The van der Waals surface area contributed by atoms with Gasteiger partial charge in [-0.25, -0.2) is 4.98 Å². The van der Waals surface area contributed by atoms with Gasteiger partial charge in [-0.2, -0.15) is 4.52 Å². The standard InChI is InChI=1S/C6H8N6/c1-8-4-2-9-6-5(7)10-11-12(6)3-4/h2-3,8H,7H2,1H3. The third kappa shape index (κ3) is 0.849. The quantitative estimate of drug-likeness (QED) is 0.607. The van der Waals surface area contributed by atoms with Crippen molar-refractivity contribution in [3.05, 3.63) is 12.4 Å². The number of nitrogens with two attached hydrogens (primary N) is 1. The largest absolute Gasteiger partial charge is 0.386 e. The molecule has 2 aromatic heterocycles. The average molecular weight is 164 g/mol. The van der Waals surface area contributed by atoms with Crippen LogP contribution in [0.15, 0.2) is 12.4 Å². The molecule has 0 saturated heterocycles. The summed E-state index contributed by atoms with van der Waals surface area (Å²) in [6.07, 6.45) is 3.45. The lowest BCUT2D eigenvalue weighted by Gasteiger charge is -1.97. The van der Waals surface area contributed by atoms with Crippen molar-refractivity contribution >= 4 is 17.2 Å². The first-order valence-electron chi connectivity index (χ1n) is 3.45. The molecule has 62 valence electrons. The van der Waals surface area contributed by atoms with Gasteiger partial charge < -0.3 is 11.1 Å². The molecule has 0 radical (unpaired) electrons. The molecule has 0 aromatic carbocycles. The van der Waals surface area contributed by atoms with Gasteiger partial charge >= 0.3 is 0 Å². The second-order valence-electron chi connectivity index (χ2n) is 2.34. The van der Waals surface area contributed by atoms with Crippen LogP contribution in [0, 0.1) is 0 Å². The summed E-state index contributed by atoms with van der Waals surface area (Å²) in [5, 5.41) is 10.4. The van der Waals surface area contributed by atoms with Crippen LogP contribution in [0.4, 0.5) is 11.5 Å². The maximum absolute atomic E-state index is 5.49. The molecule has 3 N–H and O–H groups in total. The molecule has 6 heteroatoms. The molecule has 2 heterocycles. The number of anilines is 2. The molecule has 12 heavy (non-hydrogen) atoms. The van der Waals surface area contributed by atoms with Crippen molar-refractivity contribution in [3.63, 3.8) is 0 Å². The highest BCUT2D eigenvalue weighted by molar-refractivity contribution is 5.59. The summed E-state index contributed by atoms with van der Waals surface area (Å²) in [5.74, 6) is 0.345. The second-order valence-corrected chi connectivity index (χ2v) is 2.34. The van der Waals surface area contributed by atoms with Crippen LogP contribution in [0.25, 0.3) is 5.65 Å². The Hall–Kier alpha value is -1.85. The molecular weight excluding hydrogens is 156 g/mol. The topological polar surface area (TPSA) is 81.1 Å². The molecular formula is C6H8N6. The molecule has 0 unspecified atom stereocenters. The summed E-state index contributed by atoms with van der Waals surface area (Å²) in [6.45, 7) is 0. The Balaban J connectivity index is 2.69. The van der Waals surface area contributed by atoms with Crippen molar-refractivity contribution in [2.24, 2.45) is 0 Å². The Morgan fingerprint density at radius 1 is 1.58 bits per heavy atom. The number of fused-ring (bicyclic) bond motifs is 1. The smallest absolute Gasteiger partial charge is 0.199 e. The van der Waals surface area contributed by atoms with Gasteiger partial charge in [-0.15, -0.1) is 5.10 Å². The SMILES string of the molecule is CNc1cnc2c(N)nnn2c1. The second kappa shape index (κ2) is 2.33. The van der Waals surface area contributed by atoms with Gasteiger partial charge in [0.2, 0.25) is 0 Å². The number of nitrogen functional groups attached to an aromatic ring is 1. The first kappa shape index (κ1) is 6.84. The molecule has 0 aliphatic heterocycles. The molecule has 0 amide bonds. The number of rotatable bonds is 1. The molecule has 2 aromatic rings. The van der Waals surface area contributed by atoms with E-state index in [1.165, 1.54) is 4.52 Å². The van der Waals surface area contributed by atoms with Gasteiger partial charge in [0.15, 0.2) is 11.5 Å². The lowest BCUT2D eigenvalue weighted by Crippen LogP contribution is -1.95. The maximum Gasteiger partial charge on any atom is 0.199 e. The third-order valence-electron chi connectivity index (χ3n) is 1.57. The van der Waals surface area contributed by atoms with Crippen LogP contribution in [0.5, 0.6) is 0 Å². The molecule has 0 aliphatic rings. The van der Waals surface area contributed by atoms with E-state index in [1.54, 1.807) is 12.4 Å². The van der Waals surface area contributed by atoms with Gasteiger partial charge in [0.25, 0.3) is 0 Å². The van der Waals surface area contributed by atoms with Crippen molar-refractivity contribution in [1.82, 2.24) is 19.8 Å². The minimum Gasteiger partial charge on any atom is -0.386 e.